The molecule has 2 N–H and O–H groups in total. The second kappa shape index (κ2) is 7.27. The SMILES string of the molecule is C=C1C(=O)O[C@H]2[C@H]1CC/C(C=Nc1ccc(C(F)(F)F)cc1N)=C\CC[C@@]1(C)O[C@@H]21. The van der Waals surface area contributed by atoms with Crippen LogP contribution in [0.4, 0.5) is 24.5 Å². The lowest BCUT2D eigenvalue weighted by atomic mass is 9.84. The Bertz CT molecular complexity index is 953. The molecule has 8 heteroatoms. The third-order valence-corrected chi connectivity index (χ3v) is 6.10. The van der Waals surface area contributed by atoms with Crippen LogP contribution in [0.1, 0.15) is 38.2 Å². The number of nitrogen functional groups attached to an aromatic ring is 1. The molecular weight excluding hydrogens is 397 g/mol. The molecule has 2 fully saturated rings. The van der Waals surface area contributed by atoms with Crippen LogP contribution < -0.4 is 5.73 Å². The van der Waals surface area contributed by atoms with Gasteiger partial charge in [0.1, 0.15) is 12.2 Å². The Hall–Kier alpha value is -2.61. The van der Waals surface area contributed by atoms with Crippen LogP contribution in [-0.4, -0.2) is 30.0 Å². The van der Waals surface area contributed by atoms with Gasteiger partial charge in [-0.05, 0) is 56.4 Å². The van der Waals surface area contributed by atoms with Crippen molar-refractivity contribution in [3.05, 3.63) is 47.6 Å². The van der Waals surface area contributed by atoms with Gasteiger partial charge in [-0.25, -0.2) is 4.79 Å². The molecule has 2 aliphatic heterocycles. The van der Waals surface area contributed by atoms with Gasteiger partial charge in [-0.1, -0.05) is 12.7 Å². The summed E-state index contributed by atoms with van der Waals surface area (Å²) in [4.78, 5) is 16.3. The van der Waals surface area contributed by atoms with Gasteiger partial charge >= 0.3 is 12.1 Å². The van der Waals surface area contributed by atoms with Crippen LogP contribution in [0.2, 0.25) is 0 Å². The summed E-state index contributed by atoms with van der Waals surface area (Å²) >= 11 is 0. The number of nitrogens with two attached hydrogens (primary N) is 1. The number of carbonyl (C=O) groups is 1. The van der Waals surface area contributed by atoms with Gasteiger partial charge in [0.2, 0.25) is 0 Å². The number of rotatable bonds is 2. The Kier molecular flexibility index (Phi) is 5.00. The molecule has 0 bridgehead atoms. The minimum absolute atomic E-state index is 0.0356. The average Bonchev–Trinajstić information content (AvgIpc) is 3.26. The van der Waals surface area contributed by atoms with Gasteiger partial charge < -0.3 is 15.2 Å². The van der Waals surface area contributed by atoms with Crippen LogP contribution in [0.3, 0.4) is 0 Å². The third-order valence-electron chi connectivity index (χ3n) is 6.10. The van der Waals surface area contributed by atoms with Crippen LogP contribution in [0.25, 0.3) is 0 Å². The smallest absolute Gasteiger partial charge is 0.416 e. The summed E-state index contributed by atoms with van der Waals surface area (Å²) in [5, 5.41) is 0. The van der Waals surface area contributed by atoms with Crippen molar-refractivity contribution in [1.82, 2.24) is 0 Å². The van der Waals surface area contributed by atoms with Crippen LogP contribution in [0, 0.1) is 5.92 Å². The fraction of sp³-hybridized carbons (Fsp3) is 0.455. The highest BCUT2D eigenvalue weighted by Crippen LogP contribution is 2.49. The maximum atomic E-state index is 12.8. The van der Waals surface area contributed by atoms with E-state index in [4.69, 9.17) is 15.2 Å². The third kappa shape index (κ3) is 3.88. The fourth-order valence-corrected chi connectivity index (χ4v) is 4.20. The Balaban J connectivity index is 1.53. The zero-order valence-electron chi connectivity index (χ0n) is 16.5. The molecule has 30 heavy (non-hydrogen) atoms. The number of hydrogen-bond acceptors (Lipinski definition) is 5. The number of aliphatic imine (C=N–C) groups is 1. The largest absolute Gasteiger partial charge is 0.455 e. The summed E-state index contributed by atoms with van der Waals surface area (Å²) in [6.45, 7) is 5.90. The Morgan fingerprint density at radius 1 is 1.37 bits per heavy atom. The van der Waals surface area contributed by atoms with Gasteiger partial charge in [0, 0.05) is 17.7 Å². The van der Waals surface area contributed by atoms with Crippen LogP contribution >= 0.6 is 0 Å². The van der Waals surface area contributed by atoms with Crippen LogP contribution in [0.15, 0.2) is 47.0 Å². The van der Waals surface area contributed by atoms with Crippen LogP contribution in [-0.2, 0) is 20.4 Å². The molecule has 1 aromatic rings. The molecule has 160 valence electrons. The fourth-order valence-electron chi connectivity index (χ4n) is 4.20. The number of hydrogen-bond donors (Lipinski definition) is 1. The summed E-state index contributed by atoms with van der Waals surface area (Å²) in [5.41, 5.74) is 6.25. The van der Waals surface area contributed by atoms with Crippen LogP contribution in [0.5, 0.6) is 0 Å². The van der Waals surface area contributed by atoms with E-state index in [0.717, 1.165) is 30.5 Å². The maximum Gasteiger partial charge on any atom is 0.416 e. The standard InChI is InChI=1S/C22H23F3N2O3/c1-12-15-7-5-13(4-3-9-21(2)19(30-21)18(15)29-20(12)28)11-27-17-8-6-14(10-16(17)26)22(23,24)25/h4,6,8,10-11,15,18-19H,1,3,5,7,9,26H2,2H3/b13-4+,27-11?/t15-,18-,19-,21+/m0/s1. The van der Waals surface area contributed by atoms with Gasteiger partial charge in [-0.15, -0.1) is 0 Å². The number of fused-ring (bicyclic) bond motifs is 3. The van der Waals surface area contributed by atoms with Gasteiger partial charge in [-0.3, -0.25) is 4.99 Å². The summed E-state index contributed by atoms with van der Waals surface area (Å²) in [5.74, 6) is -0.505. The first kappa shape index (κ1) is 20.7. The number of anilines is 1. The van der Waals surface area contributed by atoms with Crippen molar-refractivity contribution in [3.63, 3.8) is 0 Å². The number of epoxide rings is 1. The lowest BCUT2D eigenvalue weighted by Crippen LogP contribution is -2.28. The first-order valence-electron chi connectivity index (χ1n) is 9.86. The predicted octanol–water partition coefficient (Wildman–Crippen LogP) is 4.75. The molecule has 0 aromatic heterocycles. The predicted molar refractivity (Wildman–Crippen MR) is 106 cm³/mol. The molecule has 0 radical (unpaired) electrons. The van der Waals surface area contributed by atoms with Gasteiger partial charge in [0.05, 0.1) is 22.5 Å². The van der Waals surface area contributed by atoms with E-state index in [2.05, 4.69) is 17.6 Å². The van der Waals surface area contributed by atoms with E-state index < -0.39 is 11.7 Å². The molecular formula is C22H23F3N2O3. The van der Waals surface area contributed by atoms with E-state index in [1.54, 1.807) is 6.21 Å². The summed E-state index contributed by atoms with van der Waals surface area (Å²) < 4.78 is 49.8. The Labute approximate surface area is 172 Å². The number of carbonyl (C=O) groups excluding carboxylic acids is 1. The van der Waals surface area contributed by atoms with E-state index in [1.807, 2.05) is 6.92 Å². The van der Waals surface area contributed by atoms with E-state index in [-0.39, 0.29) is 41.1 Å². The summed E-state index contributed by atoms with van der Waals surface area (Å²) in [7, 11) is 0. The lowest BCUT2D eigenvalue weighted by Gasteiger charge is -2.19. The molecule has 1 aliphatic carbocycles. The normalized spacial score (nSPS) is 33.5. The van der Waals surface area contributed by atoms with E-state index in [1.165, 1.54) is 6.07 Å². The van der Waals surface area contributed by atoms with E-state index in [0.29, 0.717) is 18.4 Å². The molecule has 3 aliphatic rings. The Morgan fingerprint density at radius 3 is 2.83 bits per heavy atom. The van der Waals surface area contributed by atoms with Gasteiger partial charge in [0.15, 0.2) is 0 Å². The van der Waals surface area contributed by atoms with Crippen molar-refractivity contribution in [2.45, 2.75) is 56.6 Å². The molecule has 0 saturated carbocycles. The molecule has 0 amide bonds. The topological polar surface area (TPSA) is 77.2 Å². The monoisotopic (exact) mass is 420 g/mol. The van der Waals surface area contributed by atoms with Crippen molar-refractivity contribution >= 4 is 23.6 Å². The first-order valence-corrected chi connectivity index (χ1v) is 9.86. The number of nitrogens with zero attached hydrogens (tertiary/aromatic N) is 1. The number of halogens is 3. The van der Waals surface area contributed by atoms with Gasteiger partial charge in [-0.2, -0.15) is 13.2 Å². The average molecular weight is 420 g/mol. The zero-order valence-corrected chi connectivity index (χ0v) is 16.5. The lowest BCUT2D eigenvalue weighted by molar-refractivity contribution is -0.140. The first-order chi connectivity index (χ1) is 14.1. The molecule has 2 heterocycles. The molecule has 0 spiro atoms. The molecule has 2 saturated heterocycles. The summed E-state index contributed by atoms with van der Waals surface area (Å²) in [6, 6.07) is 3.11. The highest BCUT2D eigenvalue weighted by molar-refractivity contribution is 5.91. The number of benzene rings is 1. The quantitative estimate of drug-likeness (QED) is 0.246. The number of esters is 1. The highest BCUT2D eigenvalue weighted by atomic mass is 19.4. The maximum absolute atomic E-state index is 12.8. The summed E-state index contributed by atoms with van der Waals surface area (Å²) in [6.07, 6.45) is 1.59. The van der Waals surface area contributed by atoms with Crippen molar-refractivity contribution in [2.24, 2.45) is 10.9 Å². The number of alkyl halides is 3. The van der Waals surface area contributed by atoms with E-state index >= 15 is 0 Å². The Morgan fingerprint density at radius 2 is 2.13 bits per heavy atom. The molecule has 1 aromatic carbocycles. The number of ether oxygens (including phenoxy) is 2. The second-order valence-corrected chi connectivity index (χ2v) is 8.24. The minimum Gasteiger partial charge on any atom is -0.455 e. The minimum atomic E-state index is -4.45. The van der Waals surface area contributed by atoms with Crippen molar-refractivity contribution in [2.75, 3.05) is 5.73 Å². The molecule has 0 unspecified atom stereocenters. The van der Waals surface area contributed by atoms with Crippen molar-refractivity contribution in [3.8, 4) is 0 Å². The second-order valence-electron chi connectivity index (χ2n) is 8.24. The van der Waals surface area contributed by atoms with Crippen molar-refractivity contribution in [1.29, 1.82) is 0 Å². The van der Waals surface area contributed by atoms with Gasteiger partial charge in [0.25, 0.3) is 0 Å². The molecule has 4 atom stereocenters. The highest BCUT2D eigenvalue weighted by Gasteiger charge is 2.61. The zero-order chi connectivity index (χ0) is 21.7. The van der Waals surface area contributed by atoms with Crippen molar-refractivity contribution < 1.29 is 27.4 Å². The molecule has 5 nitrogen and oxygen atoms in total. The molecule has 4 rings (SSSR count). The van der Waals surface area contributed by atoms with E-state index in [9.17, 15) is 18.0 Å². The number of allylic oxidation sites excluding steroid dienone is 2.